The van der Waals surface area contributed by atoms with Crippen LogP contribution in [-0.4, -0.2) is 30.9 Å². The Bertz CT molecular complexity index is 128. The number of alkyl halides is 1. The lowest BCUT2D eigenvalue weighted by Crippen LogP contribution is -2.34. The molecular weight excluding hydrogens is 148 g/mol. The van der Waals surface area contributed by atoms with Crippen molar-refractivity contribution in [3.8, 4) is 6.07 Å². The molecule has 0 saturated carbocycles. The van der Waals surface area contributed by atoms with Crippen molar-refractivity contribution in [1.82, 2.24) is 4.90 Å². The van der Waals surface area contributed by atoms with Crippen molar-refractivity contribution in [2.45, 2.75) is 13.0 Å². The third-order valence-electron chi connectivity index (χ3n) is 1.60. The van der Waals surface area contributed by atoms with Crippen molar-refractivity contribution in [1.29, 1.82) is 5.26 Å². The minimum Gasteiger partial charge on any atom is -0.304 e. The highest BCUT2D eigenvalue weighted by Gasteiger charge is 2.16. The van der Waals surface area contributed by atoms with E-state index >= 15 is 0 Å². The summed E-state index contributed by atoms with van der Waals surface area (Å²) < 4.78 is 0. The molecule has 58 valence electrons. The number of nitrogens with zero attached hydrogens (tertiary/aromatic N) is 2. The van der Waals surface area contributed by atoms with E-state index in [1.54, 1.807) is 0 Å². The Kier molecular flexibility index (Phi) is 4.42. The van der Waals surface area contributed by atoms with Gasteiger partial charge in [-0.3, -0.25) is 0 Å². The third-order valence-corrected chi connectivity index (χ3v) is 1.92. The van der Waals surface area contributed by atoms with Crippen LogP contribution in [0, 0.1) is 17.2 Å². The first-order chi connectivity index (χ1) is 4.63. The summed E-state index contributed by atoms with van der Waals surface area (Å²) in [6, 6.07) is 2.34. The molecule has 0 aliphatic carbocycles. The van der Waals surface area contributed by atoms with Gasteiger partial charge in [-0.05, 0) is 21.0 Å². The maximum atomic E-state index is 8.55. The Morgan fingerprint density at radius 1 is 1.60 bits per heavy atom. The smallest absolute Gasteiger partial charge is 0.0669 e. The zero-order valence-corrected chi connectivity index (χ0v) is 7.39. The molecule has 0 aromatic heterocycles. The van der Waals surface area contributed by atoms with Gasteiger partial charge in [0.2, 0.25) is 0 Å². The molecule has 10 heavy (non-hydrogen) atoms. The van der Waals surface area contributed by atoms with E-state index in [-0.39, 0.29) is 12.0 Å². The minimum atomic E-state index is 0.00694. The van der Waals surface area contributed by atoms with E-state index in [2.05, 4.69) is 6.07 Å². The maximum absolute atomic E-state index is 8.55. The highest BCUT2D eigenvalue weighted by Crippen LogP contribution is 2.08. The maximum Gasteiger partial charge on any atom is 0.0669 e. The van der Waals surface area contributed by atoms with Crippen LogP contribution in [0.2, 0.25) is 0 Å². The largest absolute Gasteiger partial charge is 0.304 e. The lowest BCUT2D eigenvalue weighted by atomic mass is 10.1. The first-order valence-electron chi connectivity index (χ1n) is 3.25. The van der Waals surface area contributed by atoms with Crippen LogP contribution in [0.3, 0.4) is 0 Å². The monoisotopic (exact) mass is 160 g/mol. The summed E-state index contributed by atoms with van der Waals surface area (Å²) in [7, 11) is 3.86. The van der Waals surface area contributed by atoms with E-state index in [4.69, 9.17) is 16.9 Å². The minimum absolute atomic E-state index is 0.00694. The first kappa shape index (κ1) is 9.74. The van der Waals surface area contributed by atoms with Gasteiger partial charge >= 0.3 is 0 Å². The van der Waals surface area contributed by atoms with Gasteiger partial charge in [0.15, 0.2) is 0 Å². The second kappa shape index (κ2) is 4.54. The molecule has 0 saturated heterocycles. The number of nitriles is 1. The summed E-state index contributed by atoms with van der Waals surface area (Å²) in [5, 5.41) is 8.55. The summed E-state index contributed by atoms with van der Waals surface area (Å²) >= 11 is 5.64. The Morgan fingerprint density at radius 3 is 2.20 bits per heavy atom. The molecule has 0 N–H and O–H groups in total. The third kappa shape index (κ3) is 2.55. The van der Waals surface area contributed by atoms with Crippen LogP contribution in [0.4, 0.5) is 0 Å². The predicted molar refractivity (Wildman–Crippen MR) is 43.0 cm³/mol. The van der Waals surface area contributed by atoms with Crippen molar-refractivity contribution in [2.24, 2.45) is 5.92 Å². The van der Waals surface area contributed by atoms with Gasteiger partial charge in [0, 0.05) is 11.9 Å². The van der Waals surface area contributed by atoms with Crippen LogP contribution in [0.15, 0.2) is 0 Å². The highest BCUT2D eigenvalue weighted by atomic mass is 35.5. The fourth-order valence-electron chi connectivity index (χ4n) is 0.805. The first-order valence-corrected chi connectivity index (χ1v) is 3.79. The predicted octanol–water partition coefficient (Wildman–Crippen LogP) is 1.32. The molecular formula is C7H13ClN2. The summed E-state index contributed by atoms with van der Waals surface area (Å²) in [5.74, 6) is 0.523. The molecule has 0 bridgehead atoms. The molecule has 2 unspecified atom stereocenters. The van der Waals surface area contributed by atoms with Crippen molar-refractivity contribution in [2.75, 3.05) is 20.0 Å². The van der Waals surface area contributed by atoms with E-state index in [1.807, 2.05) is 25.9 Å². The quantitative estimate of drug-likeness (QED) is 0.583. The second-order valence-electron chi connectivity index (χ2n) is 2.60. The Morgan fingerprint density at radius 2 is 2.10 bits per heavy atom. The summed E-state index contributed by atoms with van der Waals surface area (Å²) in [6.45, 7) is 1.88. The van der Waals surface area contributed by atoms with Crippen molar-refractivity contribution in [3.05, 3.63) is 0 Å². The van der Waals surface area contributed by atoms with Crippen LogP contribution in [0.5, 0.6) is 0 Å². The second-order valence-corrected chi connectivity index (χ2v) is 2.91. The Balaban J connectivity index is 3.96. The van der Waals surface area contributed by atoms with Crippen LogP contribution in [0.1, 0.15) is 6.92 Å². The Hall–Kier alpha value is -0.260. The van der Waals surface area contributed by atoms with Gasteiger partial charge in [0.25, 0.3) is 0 Å². The fraction of sp³-hybridized carbons (Fsp3) is 0.857. The molecule has 0 radical (unpaired) electrons. The molecule has 0 heterocycles. The number of hydrogen-bond acceptors (Lipinski definition) is 2. The molecule has 0 aliphatic rings. The molecule has 0 amide bonds. The molecule has 0 fully saturated rings. The van der Waals surface area contributed by atoms with Crippen LogP contribution in [0.25, 0.3) is 0 Å². The summed E-state index contributed by atoms with van der Waals surface area (Å²) in [5.41, 5.74) is 0. The summed E-state index contributed by atoms with van der Waals surface area (Å²) in [4.78, 5) is 1.97. The average Bonchev–Trinajstić information content (AvgIpc) is 1.88. The average molecular weight is 161 g/mol. The summed E-state index contributed by atoms with van der Waals surface area (Å²) in [6.07, 6.45) is 0. The molecule has 3 heteroatoms. The Labute approximate surface area is 67.4 Å². The van der Waals surface area contributed by atoms with Gasteiger partial charge < -0.3 is 4.90 Å². The van der Waals surface area contributed by atoms with Crippen molar-refractivity contribution in [3.63, 3.8) is 0 Å². The normalized spacial score (nSPS) is 16.4. The molecule has 2 nitrogen and oxygen atoms in total. The molecule has 0 spiro atoms. The molecule has 0 aromatic rings. The van der Waals surface area contributed by atoms with Gasteiger partial charge in [0.05, 0.1) is 12.0 Å². The lowest BCUT2D eigenvalue weighted by molar-refractivity contribution is 0.274. The lowest BCUT2D eigenvalue weighted by Gasteiger charge is -2.23. The number of halogens is 1. The van der Waals surface area contributed by atoms with Gasteiger partial charge in [-0.25, -0.2) is 0 Å². The zero-order chi connectivity index (χ0) is 8.15. The molecule has 0 aromatic carbocycles. The van der Waals surface area contributed by atoms with E-state index < -0.39 is 0 Å². The van der Waals surface area contributed by atoms with E-state index in [1.165, 1.54) is 0 Å². The molecule has 0 aliphatic heterocycles. The van der Waals surface area contributed by atoms with Crippen molar-refractivity contribution >= 4 is 11.6 Å². The van der Waals surface area contributed by atoms with Crippen LogP contribution in [-0.2, 0) is 0 Å². The number of rotatable bonds is 3. The van der Waals surface area contributed by atoms with Gasteiger partial charge in [-0.1, -0.05) is 0 Å². The van der Waals surface area contributed by atoms with Gasteiger partial charge in [-0.15, -0.1) is 11.6 Å². The highest BCUT2D eigenvalue weighted by molar-refractivity contribution is 6.18. The topological polar surface area (TPSA) is 27.0 Å². The molecule has 2 atom stereocenters. The van der Waals surface area contributed by atoms with E-state index in [9.17, 15) is 0 Å². The van der Waals surface area contributed by atoms with Crippen molar-refractivity contribution < 1.29 is 0 Å². The van der Waals surface area contributed by atoms with Crippen LogP contribution >= 0.6 is 11.6 Å². The SMILES string of the molecule is CC(C#N)C(CCl)N(C)C. The van der Waals surface area contributed by atoms with Crippen LogP contribution < -0.4 is 0 Å². The zero-order valence-electron chi connectivity index (χ0n) is 6.63. The standard InChI is InChI=1S/C7H13ClN2/c1-6(5-9)7(4-8)10(2)3/h6-7H,4H2,1-3H3. The fourth-order valence-corrected chi connectivity index (χ4v) is 1.35. The molecule has 0 rings (SSSR count). The van der Waals surface area contributed by atoms with Gasteiger partial charge in [-0.2, -0.15) is 5.26 Å². The van der Waals surface area contributed by atoms with E-state index in [0.717, 1.165) is 0 Å². The van der Waals surface area contributed by atoms with E-state index in [0.29, 0.717) is 5.88 Å². The van der Waals surface area contributed by atoms with Gasteiger partial charge in [0.1, 0.15) is 0 Å². The number of hydrogen-bond donors (Lipinski definition) is 0.